The number of hydrogen-bond donors (Lipinski definition) is 4. The number of aromatic nitrogens is 2. The van der Waals surface area contributed by atoms with Crippen molar-refractivity contribution in [3.8, 4) is 5.75 Å². The minimum absolute atomic E-state index is 0.140. The lowest BCUT2D eigenvalue weighted by atomic mass is 9.94. The fourth-order valence-electron chi connectivity index (χ4n) is 2.34. The number of nitrogens with one attached hydrogen (secondary N) is 2. The second-order valence-electron chi connectivity index (χ2n) is 6.72. The van der Waals surface area contributed by atoms with Crippen molar-refractivity contribution in [3.63, 3.8) is 0 Å². The number of nitrogens with two attached hydrogens (primary N) is 1. The van der Waals surface area contributed by atoms with Crippen LogP contribution in [0.2, 0.25) is 0 Å². The molecule has 5 N–H and O–H groups in total. The Kier molecular flexibility index (Phi) is 6.55. The zero-order chi connectivity index (χ0) is 18.3. The van der Waals surface area contributed by atoms with Gasteiger partial charge in [0.1, 0.15) is 12.7 Å². The van der Waals surface area contributed by atoms with Crippen LogP contribution in [-0.4, -0.2) is 46.0 Å². The Bertz CT molecular complexity index is 653. The van der Waals surface area contributed by atoms with Crippen molar-refractivity contribution in [2.75, 3.05) is 13.2 Å². The van der Waals surface area contributed by atoms with Crippen molar-refractivity contribution in [1.29, 1.82) is 0 Å². The maximum absolute atomic E-state index is 11.1. The molecule has 0 bridgehead atoms. The minimum atomic E-state index is -0.607. The Morgan fingerprint density at radius 3 is 2.72 bits per heavy atom. The third-order valence-corrected chi connectivity index (χ3v) is 4.01. The van der Waals surface area contributed by atoms with Gasteiger partial charge in [-0.2, -0.15) is 5.10 Å². The Labute approximate surface area is 147 Å². The predicted octanol–water partition coefficient (Wildman–Crippen LogP) is 1.25. The number of rotatable bonds is 10. The zero-order valence-corrected chi connectivity index (χ0v) is 14.7. The molecular formula is C18H26N4O3. The first-order chi connectivity index (χ1) is 11.9. The maximum atomic E-state index is 11.1. The molecule has 1 aromatic heterocycles. The molecule has 1 aromatic carbocycles. The molecule has 1 amide bonds. The fraction of sp³-hybridized carbons (Fsp3) is 0.444. The number of primary amides is 1. The molecule has 136 valence electrons. The first kappa shape index (κ1) is 19.0. The average molecular weight is 346 g/mol. The highest BCUT2D eigenvalue weighted by Crippen LogP contribution is 2.14. The molecule has 0 saturated carbocycles. The summed E-state index contributed by atoms with van der Waals surface area (Å²) in [5.41, 5.74) is 6.76. The molecule has 0 spiro atoms. The molecule has 0 aliphatic heterocycles. The Hall–Kier alpha value is -2.38. The average Bonchev–Trinajstić information content (AvgIpc) is 3.10. The normalized spacial score (nSPS) is 12.8. The summed E-state index contributed by atoms with van der Waals surface area (Å²) >= 11 is 0. The Balaban J connectivity index is 1.72. The van der Waals surface area contributed by atoms with E-state index in [9.17, 15) is 9.90 Å². The summed E-state index contributed by atoms with van der Waals surface area (Å²) in [4.78, 5) is 11.1. The second kappa shape index (κ2) is 8.64. The van der Waals surface area contributed by atoms with Gasteiger partial charge in [-0.15, -0.1) is 0 Å². The third kappa shape index (κ3) is 6.56. The molecule has 1 heterocycles. The summed E-state index contributed by atoms with van der Waals surface area (Å²) in [5, 5.41) is 19.8. The highest BCUT2D eigenvalue weighted by atomic mass is 16.5. The second-order valence-corrected chi connectivity index (χ2v) is 6.72. The van der Waals surface area contributed by atoms with Crippen molar-refractivity contribution in [2.24, 2.45) is 5.73 Å². The number of amides is 1. The van der Waals surface area contributed by atoms with Crippen LogP contribution in [0, 0.1) is 0 Å². The first-order valence-corrected chi connectivity index (χ1v) is 8.29. The summed E-state index contributed by atoms with van der Waals surface area (Å²) in [5.74, 6) is 0.192. The van der Waals surface area contributed by atoms with Gasteiger partial charge in [0.25, 0.3) is 0 Å². The molecule has 2 rings (SSSR count). The van der Waals surface area contributed by atoms with Crippen molar-refractivity contribution >= 4 is 5.91 Å². The summed E-state index contributed by atoms with van der Waals surface area (Å²) < 4.78 is 5.41. The highest BCUT2D eigenvalue weighted by molar-refractivity contribution is 5.92. The van der Waals surface area contributed by atoms with Gasteiger partial charge in [-0.3, -0.25) is 9.89 Å². The number of aliphatic hydroxyl groups excluding tert-OH is 1. The maximum Gasteiger partial charge on any atom is 0.248 e. The highest BCUT2D eigenvalue weighted by Gasteiger charge is 2.19. The number of aromatic amines is 1. The first-order valence-electron chi connectivity index (χ1n) is 8.29. The number of aryl methyl sites for hydroxylation is 1. The standard InChI is InChI=1S/C18H26N4O3/c1-18(2,8-7-13-3-5-14(6-4-13)17(19)24)20-9-15(23)12-25-16-10-21-22-11-16/h3-6,10-11,15,20,23H,7-9,12H2,1-2H3,(H2,19,24)(H,21,22). The minimum Gasteiger partial charge on any atom is -0.488 e. The Morgan fingerprint density at radius 1 is 1.40 bits per heavy atom. The van der Waals surface area contributed by atoms with Crippen molar-refractivity contribution in [1.82, 2.24) is 15.5 Å². The molecule has 7 nitrogen and oxygen atoms in total. The van der Waals surface area contributed by atoms with Crippen molar-refractivity contribution in [3.05, 3.63) is 47.8 Å². The van der Waals surface area contributed by atoms with E-state index in [4.69, 9.17) is 10.5 Å². The van der Waals surface area contributed by atoms with Gasteiger partial charge in [-0.05, 0) is 44.4 Å². The summed E-state index contributed by atoms with van der Waals surface area (Å²) in [6, 6.07) is 7.33. The fourth-order valence-corrected chi connectivity index (χ4v) is 2.34. The third-order valence-electron chi connectivity index (χ3n) is 4.01. The van der Waals surface area contributed by atoms with E-state index in [-0.39, 0.29) is 12.1 Å². The summed E-state index contributed by atoms with van der Waals surface area (Å²) in [7, 11) is 0. The quantitative estimate of drug-likeness (QED) is 0.517. The van der Waals surface area contributed by atoms with Crippen LogP contribution in [0.5, 0.6) is 5.75 Å². The molecule has 0 aliphatic rings. The van der Waals surface area contributed by atoms with Crippen LogP contribution >= 0.6 is 0 Å². The lowest BCUT2D eigenvalue weighted by molar-refractivity contribution is 0.0982. The number of H-pyrrole nitrogens is 1. The van der Waals surface area contributed by atoms with Gasteiger partial charge in [-0.25, -0.2) is 0 Å². The number of carbonyl (C=O) groups is 1. The molecule has 0 saturated heterocycles. The van der Waals surface area contributed by atoms with E-state index in [0.717, 1.165) is 18.4 Å². The monoisotopic (exact) mass is 346 g/mol. The van der Waals surface area contributed by atoms with E-state index in [0.29, 0.717) is 17.9 Å². The Morgan fingerprint density at radius 2 is 2.12 bits per heavy atom. The lowest BCUT2D eigenvalue weighted by Gasteiger charge is -2.28. The van der Waals surface area contributed by atoms with Crippen LogP contribution in [0.15, 0.2) is 36.7 Å². The number of β-amino-alcohol motifs (C(OH)–C–C–N with tert-alkyl or cyclic N) is 1. The molecule has 2 aromatic rings. The number of hydrogen-bond acceptors (Lipinski definition) is 5. The van der Waals surface area contributed by atoms with Gasteiger partial charge in [0, 0.05) is 17.6 Å². The van der Waals surface area contributed by atoms with Gasteiger partial charge in [0.15, 0.2) is 5.75 Å². The predicted molar refractivity (Wildman–Crippen MR) is 95.5 cm³/mol. The SMILES string of the molecule is CC(C)(CCc1ccc(C(N)=O)cc1)NCC(O)COc1cn[nH]c1. The van der Waals surface area contributed by atoms with Gasteiger partial charge in [0.2, 0.25) is 5.91 Å². The van der Waals surface area contributed by atoms with Crippen LogP contribution in [0.3, 0.4) is 0 Å². The summed E-state index contributed by atoms with van der Waals surface area (Å²) in [6.45, 7) is 4.82. The number of carbonyl (C=O) groups excluding carboxylic acids is 1. The molecular weight excluding hydrogens is 320 g/mol. The van der Waals surface area contributed by atoms with E-state index in [1.54, 1.807) is 24.5 Å². The van der Waals surface area contributed by atoms with Crippen LogP contribution in [0.25, 0.3) is 0 Å². The van der Waals surface area contributed by atoms with E-state index >= 15 is 0 Å². The van der Waals surface area contributed by atoms with Crippen LogP contribution in [0.1, 0.15) is 36.2 Å². The van der Waals surface area contributed by atoms with Gasteiger partial charge in [-0.1, -0.05) is 12.1 Å². The molecule has 25 heavy (non-hydrogen) atoms. The number of nitrogens with zero attached hydrogens (tertiary/aromatic N) is 1. The topological polar surface area (TPSA) is 113 Å². The van der Waals surface area contributed by atoms with E-state index in [1.807, 2.05) is 12.1 Å². The van der Waals surface area contributed by atoms with Crippen LogP contribution in [0.4, 0.5) is 0 Å². The molecule has 1 atom stereocenters. The van der Waals surface area contributed by atoms with E-state index in [1.165, 1.54) is 0 Å². The lowest BCUT2D eigenvalue weighted by Crippen LogP contribution is -2.45. The van der Waals surface area contributed by atoms with Crippen LogP contribution in [-0.2, 0) is 6.42 Å². The zero-order valence-electron chi connectivity index (χ0n) is 14.7. The molecule has 0 aliphatic carbocycles. The molecule has 7 heteroatoms. The van der Waals surface area contributed by atoms with Crippen LogP contribution < -0.4 is 15.8 Å². The van der Waals surface area contributed by atoms with Crippen molar-refractivity contribution in [2.45, 2.75) is 38.3 Å². The largest absolute Gasteiger partial charge is 0.488 e. The number of benzene rings is 1. The van der Waals surface area contributed by atoms with E-state index in [2.05, 4.69) is 29.4 Å². The molecule has 0 fully saturated rings. The molecule has 1 unspecified atom stereocenters. The number of aliphatic hydroxyl groups is 1. The van der Waals surface area contributed by atoms with Gasteiger partial charge in [0.05, 0.1) is 12.4 Å². The number of ether oxygens (including phenoxy) is 1. The molecule has 0 radical (unpaired) electrons. The smallest absolute Gasteiger partial charge is 0.248 e. The van der Waals surface area contributed by atoms with E-state index < -0.39 is 12.0 Å². The van der Waals surface area contributed by atoms with Crippen molar-refractivity contribution < 1.29 is 14.6 Å². The van der Waals surface area contributed by atoms with Gasteiger partial charge < -0.3 is 20.9 Å². The van der Waals surface area contributed by atoms with Gasteiger partial charge >= 0.3 is 0 Å². The summed E-state index contributed by atoms with van der Waals surface area (Å²) in [6.07, 6.45) is 4.34.